The monoisotopic (exact) mass is 643 g/mol. The molecule has 13 heteroatoms. The highest BCUT2D eigenvalue weighted by Gasteiger charge is 2.36. The average Bonchev–Trinajstić information content (AvgIpc) is 3.32. The molecule has 13 nitrogen and oxygen atoms in total. The quantitative estimate of drug-likeness (QED) is 0.247. The van der Waals surface area contributed by atoms with Crippen LogP contribution in [0.25, 0.3) is 0 Å². The SMILES string of the molecule is O=C1c2ccccc2C(=O)N1C[C@H](O)CN(C[C@@H](O)CNc1ccc(N2CCOCC2=O)cc1)c1ccc(N2CCOCC2=O)cc1. The molecule has 3 aliphatic heterocycles. The Labute approximate surface area is 271 Å². The van der Waals surface area contributed by atoms with Gasteiger partial charge >= 0.3 is 0 Å². The Morgan fingerprint density at radius 1 is 0.702 bits per heavy atom. The summed E-state index contributed by atoms with van der Waals surface area (Å²) in [5, 5.41) is 25.4. The molecule has 2 fully saturated rings. The number of carbonyl (C=O) groups excluding carboxylic acids is 4. The number of benzene rings is 3. The highest BCUT2D eigenvalue weighted by Crippen LogP contribution is 2.25. The summed E-state index contributed by atoms with van der Waals surface area (Å²) in [5.74, 6) is -1.14. The van der Waals surface area contributed by atoms with Gasteiger partial charge in [0.1, 0.15) is 13.2 Å². The topological polar surface area (TPSA) is 152 Å². The van der Waals surface area contributed by atoms with Crippen LogP contribution in [0.5, 0.6) is 0 Å². The Balaban J connectivity index is 1.12. The van der Waals surface area contributed by atoms with Crippen molar-refractivity contribution >= 4 is 46.4 Å². The number of morpholine rings is 2. The van der Waals surface area contributed by atoms with E-state index >= 15 is 0 Å². The van der Waals surface area contributed by atoms with E-state index in [1.807, 2.05) is 24.3 Å². The summed E-state index contributed by atoms with van der Waals surface area (Å²) in [6, 6.07) is 21.1. The molecule has 3 aliphatic rings. The number of amides is 4. The number of imide groups is 1. The van der Waals surface area contributed by atoms with Crippen molar-refractivity contribution in [2.75, 3.05) is 85.7 Å². The van der Waals surface area contributed by atoms with Crippen LogP contribution in [0.2, 0.25) is 0 Å². The second-order valence-electron chi connectivity index (χ2n) is 11.6. The van der Waals surface area contributed by atoms with Crippen LogP contribution in [-0.4, -0.2) is 117 Å². The van der Waals surface area contributed by atoms with Gasteiger partial charge in [-0.05, 0) is 60.7 Å². The minimum Gasteiger partial charge on any atom is -0.389 e. The minimum absolute atomic E-state index is 0.0164. The van der Waals surface area contributed by atoms with Crippen molar-refractivity contribution < 1.29 is 38.9 Å². The fourth-order valence-electron chi connectivity index (χ4n) is 5.95. The zero-order valence-corrected chi connectivity index (χ0v) is 25.8. The lowest BCUT2D eigenvalue weighted by molar-refractivity contribution is -0.126. The number of β-amino-alcohol motifs (C(OH)–C–C–N with tert-alkyl or cyclic N) is 1. The minimum atomic E-state index is -1.12. The summed E-state index contributed by atoms with van der Waals surface area (Å²) < 4.78 is 10.4. The van der Waals surface area contributed by atoms with Crippen LogP contribution in [0.3, 0.4) is 0 Å². The highest BCUT2D eigenvalue weighted by molar-refractivity contribution is 6.21. The van der Waals surface area contributed by atoms with Gasteiger partial charge in [0.25, 0.3) is 23.6 Å². The molecule has 2 atom stereocenters. The average molecular weight is 644 g/mol. The Bertz CT molecular complexity index is 1580. The number of carbonyl (C=O) groups is 4. The zero-order valence-electron chi connectivity index (χ0n) is 25.8. The largest absolute Gasteiger partial charge is 0.389 e. The van der Waals surface area contributed by atoms with E-state index in [4.69, 9.17) is 9.47 Å². The summed E-state index contributed by atoms with van der Waals surface area (Å²) in [6.45, 7) is 2.03. The maximum Gasteiger partial charge on any atom is 0.261 e. The molecule has 47 heavy (non-hydrogen) atoms. The zero-order chi connectivity index (χ0) is 32.9. The van der Waals surface area contributed by atoms with E-state index in [0.29, 0.717) is 48.8 Å². The van der Waals surface area contributed by atoms with Crippen LogP contribution in [0.4, 0.5) is 22.7 Å². The van der Waals surface area contributed by atoms with E-state index in [1.54, 1.807) is 63.2 Å². The summed E-state index contributed by atoms with van der Waals surface area (Å²) in [6.07, 6.45) is -2.00. The highest BCUT2D eigenvalue weighted by atomic mass is 16.5. The molecule has 0 bridgehead atoms. The molecule has 0 unspecified atom stereocenters. The van der Waals surface area contributed by atoms with Gasteiger partial charge in [0, 0.05) is 55.5 Å². The van der Waals surface area contributed by atoms with Crippen molar-refractivity contribution in [1.82, 2.24) is 4.90 Å². The van der Waals surface area contributed by atoms with Gasteiger partial charge in [-0.2, -0.15) is 0 Å². The lowest BCUT2D eigenvalue weighted by Crippen LogP contribution is -2.45. The maximum atomic E-state index is 12.9. The van der Waals surface area contributed by atoms with Gasteiger partial charge in [0.15, 0.2) is 0 Å². The first-order chi connectivity index (χ1) is 22.8. The predicted molar refractivity (Wildman–Crippen MR) is 174 cm³/mol. The fourth-order valence-corrected chi connectivity index (χ4v) is 5.95. The van der Waals surface area contributed by atoms with Crippen LogP contribution < -0.4 is 20.0 Å². The van der Waals surface area contributed by atoms with E-state index in [2.05, 4.69) is 5.32 Å². The van der Waals surface area contributed by atoms with E-state index in [1.165, 1.54) is 0 Å². The molecule has 3 N–H and O–H groups in total. The van der Waals surface area contributed by atoms with E-state index in [-0.39, 0.29) is 51.2 Å². The fraction of sp³-hybridized carbons (Fsp3) is 0.353. The van der Waals surface area contributed by atoms with Crippen LogP contribution in [0.15, 0.2) is 72.8 Å². The van der Waals surface area contributed by atoms with Crippen molar-refractivity contribution in [3.05, 3.63) is 83.9 Å². The molecular formula is C34H37N5O8. The van der Waals surface area contributed by atoms with Crippen LogP contribution >= 0.6 is 0 Å². The van der Waals surface area contributed by atoms with Gasteiger partial charge in [-0.15, -0.1) is 0 Å². The molecule has 0 aromatic heterocycles. The molecule has 0 radical (unpaired) electrons. The summed E-state index contributed by atoms with van der Waals surface area (Å²) in [7, 11) is 0. The lowest BCUT2D eigenvalue weighted by Gasteiger charge is -2.32. The van der Waals surface area contributed by atoms with Crippen molar-refractivity contribution in [1.29, 1.82) is 0 Å². The van der Waals surface area contributed by atoms with Crippen molar-refractivity contribution in [2.24, 2.45) is 0 Å². The van der Waals surface area contributed by atoms with Crippen molar-refractivity contribution in [3.63, 3.8) is 0 Å². The Kier molecular flexibility index (Phi) is 9.78. The van der Waals surface area contributed by atoms with E-state index in [9.17, 15) is 29.4 Å². The third-order valence-corrected chi connectivity index (χ3v) is 8.35. The Hall–Kier alpha value is -4.82. The molecule has 246 valence electrons. The van der Waals surface area contributed by atoms with Gasteiger partial charge in [-0.25, -0.2) is 0 Å². The van der Waals surface area contributed by atoms with Gasteiger partial charge in [-0.3, -0.25) is 24.1 Å². The Morgan fingerprint density at radius 3 is 1.74 bits per heavy atom. The normalized spacial score (nSPS) is 18.0. The van der Waals surface area contributed by atoms with Crippen molar-refractivity contribution in [2.45, 2.75) is 12.2 Å². The predicted octanol–water partition coefficient (Wildman–Crippen LogP) is 1.35. The molecule has 6 rings (SSSR count). The Morgan fingerprint density at radius 2 is 1.21 bits per heavy atom. The first-order valence-corrected chi connectivity index (χ1v) is 15.5. The first kappa shape index (κ1) is 32.1. The third kappa shape index (κ3) is 7.28. The molecule has 0 spiro atoms. The second-order valence-corrected chi connectivity index (χ2v) is 11.6. The molecule has 3 aromatic rings. The van der Waals surface area contributed by atoms with Crippen LogP contribution in [0.1, 0.15) is 20.7 Å². The summed E-state index contributed by atoms with van der Waals surface area (Å²) in [5.41, 5.74) is 3.52. The van der Waals surface area contributed by atoms with Gasteiger partial charge in [0.05, 0.1) is 43.1 Å². The summed E-state index contributed by atoms with van der Waals surface area (Å²) >= 11 is 0. The molecule has 3 heterocycles. The second kappa shape index (κ2) is 14.3. The third-order valence-electron chi connectivity index (χ3n) is 8.35. The number of rotatable bonds is 12. The lowest BCUT2D eigenvalue weighted by atomic mass is 10.1. The number of ether oxygens (including phenoxy) is 2. The molecule has 0 saturated carbocycles. The van der Waals surface area contributed by atoms with Gasteiger partial charge in [-0.1, -0.05) is 12.1 Å². The van der Waals surface area contributed by atoms with Crippen LogP contribution in [0, 0.1) is 0 Å². The maximum absolute atomic E-state index is 12.9. The molecule has 0 aliphatic carbocycles. The van der Waals surface area contributed by atoms with E-state index in [0.717, 1.165) is 16.3 Å². The number of anilines is 4. The van der Waals surface area contributed by atoms with Crippen LogP contribution in [-0.2, 0) is 19.1 Å². The number of nitrogens with one attached hydrogen (secondary N) is 1. The number of aliphatic hydroxyl groups excluding tert-OH is 2. The molecule has 4 amide bonds. The number of hydrogen-bond donors (Lipinski definition) is 3. The van der Waals surface area contributed by atoms with Gasteiger partial charge in [0.2, 0.25) is 0 Å². The van der Waals surface area contributed by atoms with E-state index < -0.39 is 24.0 Å². The molecular weight excluding hydrogens is 606 g/mol. The van der Waals surface area contributed by atoms with Crippen molar-refractivity contribution in [3.8, 4) is 0 Å². The first-order valence-electron chi connectivity index (χ1n) is 15.5. The number of hydrogen-bond acceptors (Lipinski definition) is 10. The molecule has 3 aromatic carbocycles. The van der Waals surface area contributed by atoms with Gasteiger partial charge < -0.3 is 39.7 Å². The number of fused-ring (bicyclic) bond motifs is 1. The number of aliphatic hydroxyl groups is 2. The molecule has 2 saturated heterocycles. The smallest absolute Gasteiger partial charge is 0.261 e. The standard InChI is InChI=1S/C34H37N5O8/c40-27(17-35-23-5-7-25(8-6-23)37-13-15-46-21-31(37)42)18-36(24-9-11-26(12-10-24)38-14-16-47-22-32(38)43)19-28(41)20-39-33(44)29-3-1-2-4-30(29)34(39)45/h1-12,27-28,35,40-41H,13-22H2/t27-,28+/m0/s1. The summed E-state index contributed by atoms with van der Waals surface area (Å²) in [4.78, 5) is 56.5. The number of nitrogens with zero attached hydrogens (tertiary/aromatic N) is 4.